The number of hydrogen-bond donors (Lipinski definition) is 0. The van der Waals surface area contributed by atoms with Gasteiger partial charge in [0.15, 0.2) is 9.84 Å². The van der Waals surface area contributed by atoms with E-state index in [2.05, 4.69) is 0 Å². The van der Waals surface area contributed by atoms with Gasteiger partial charge in [0.05, 0.1) is 4.90 Å². The monoisotopic (exact) mass is 230 g/mol. The molecule has 0 atom stereocenters. The molecule has 0 aliphatic carbocycles. The molecule has 0 aromatic heterocycles. The number of sulfone groups is 1. The van der Waals surface area contributed by atoms with Gasteiger partial charge >= 0.3 is 0 Å². The fourth-order valence-electron chi connectivity index (χ4n) is 1.13. The first-order valence-electron chi connectivity index (χ1n) is 4.07. The van der Waals surface area contributed by atoms with Crippen molar-refractivity contribution in [3.05, 3.63) is 35.9 Å². The molecule has 0 heterocycles. The van der Waals surface area contributed by atoms with Gasteiger partial charge in [0.2, 0.25) is 0 Å². The van der Waals surface area contributed by atoms with E-state index >= 15 is 0 Å². The van der Waals surface area contributed by atoms with Gasteiger partial charge in [-0.3, -0.25) is 0 Å². The fraction of sp³-hybridized carbons (Fsp3) is 0.200. The first-order chi connectivity index (χ1) is 6.55. The van der Waals surface area contributed by atoms with Crippen LogP contribution in [0.3, 0.4) is 0 Å². The number of allylic oxidation sites excluding steroid dienone is 1. The van der Waals surface area contributed by atoms with E-state index in [1.165, 1.54) is 6.26 Å². The summed E-state index contributed by atoms with van der Waals surface area (Å²) < 4.78 is 22.7. The van der Waals surface area contributed by atoms with Gasteiger partial charge in [-0.15, -0.1) is 11.6 Å². The summed E-state index contributed by atoms with van der Waals surface area (Å²) in [5, 5.41) is 0. The first kappa shape index (κ1) is 11.3. The Morgan fingerprint density at radius 3 is 2.57 bits per heavy atom. The maximum atomic E-state index is 11.3. The lowest BCUT2D eigenvalue weighted by Gasteiger charge is -2.02. The van der Waals surface area contributed by atoms with Crippen molar-refractivity contribution in [2.24, 2.45) is 0 Å². The summed E-state index contributed by atoms with van der Waals surface area (Å²) in [4.78, 5) is 0.335. The van der Waals surface area contributed by atoms with E-state index in [1.807, 2.05) is 0 Å². The van der Waals surface area contributed by atoms with Crippen molar-refractivity contribution >= 4 is 27.5 Å². The van der Waals surface area contributed by atoms with Crippen LogP contribution in [0.2, 0.25) is 0 Å². The van der Waals surface area contributed by atoms with Gasteiger partial charge in [-0.05, 0) is 11.6 Å². The zero-order chi connectivity index (χ0) is 10.6. The molecule has 14 heavy (non-hydrogen) atoms. The van der Waals surface area contributed by atoms with E-state index in [9.17, 15) is 8.42 Å². The quantitative estimate of drug-likeness (QED) is 0.747. The third kappa shape index (κ3) is 2.86. The molecular formula is C10H11ClO2S. The predicted molar refractivity (Wildman–Crippen MR) is 59.3 cm³/mol. The van der Waals surface area contributed by atoms with E-state index in [0.717, 1.165) is 0 Å². The molecule has 1 aromatic rings. The Hall–Kier alpha value is -0.800. The summed E-state index contributed by atoms with van der Waals surface area (Å²) in [5.41, 5.74) is 0.677. The SMILES string of the molecule is CS(=O)(=O)c1ccccc1C=CCCl. The second-order valence-corrected chi connectivity index (χ2v) is 5.16. The standard InChI is InChI=1S/C10H11ClO2S/c1-14(12,13)10-7-3-2-5-9(10)6-4-8-11/h2-7H,8H2,1H3. The molecule has 1 rings (SSSR count). The molecule has 0 aliphatic heterocycles. The molecule has 0 spiro atoms. The van der Waals surface area contributed by atoms with Crippen molar-refractivity contribution in [2.75, 3.05) is 12.1 Å². The fourth-order valence-corrected chi connectivity index (χ4v) is 2.11. The van der Waals surface area contributed by atoms with Crippen LogP contribution in [-0.4, -0.2) is 20.6 Å². The van der Waals surface area contributed by atoms with Crippen molar-refractivity contribution < 1.29 is 8.42 Å². The Morgan fingerprint density at radius 2 is 2.00 bits per heavy atom. The Labute approximate surface area is 89.1 Å². The van der Waals surface area contributed by atoms with Gasteiger partial charge in [-0.2, -0.15) is 0 Å². The summed E-state index contributed by atoms with van der Waals surface area (Å²) in [7, 11) is -3.16. The molecule has 0 fully saturated rings. The minimum Gasteiger partial charge on any atom is -0.224 e. The molecule has 0 bridgehead atoms. The van der Waals surface area contributed by atoms with Gasteiger partial charge in [-0.1, -0.05) is 30.4 Å². The second kappa shape index (κ2) is 4.62. The lowest BCUT2D eigenvalue weighted by atomic mass is 10.2. The molecule has 0 unspecified atom stereocenters. The third-order valence-electron chi connectivity index (χ3n) is 1.70. The van der Waals surface area contributed by atoms with Crippen LogP contribution >= 0.6 is 11.6 Å². The first-order valence-corrected chi connectivity index (χ1v) is 6.50. The Kier molecular flexibility index (Phi) is 3.72. The van der Waals surface area contributed by atoms with Crippen LogP contribution in [0.25, 0.3) is 6.08 Å². The molecule has 0 N–H and O–H groups in total. The molecule has 1 aromatic carbocycles. The zero-order valence-corrected chi connectivity index (χ0v) is 9.35. The van der Waals surface area contributed by atoms with Gasteiger partial charge in [0.25, 0.3) is 0 Å². The van der Waals surface area contributed by atoms with Crippen LogP contribution < -0.4 is 0 Å². The molecule has 0 amide bonds. The predicted octanol–water partition coefficient (Wildman–Crippen LogP) is 2.34. The average molecular weight is 231 g/mol. The average Bonchev–Trinajstić information content (AvgIpc) is 2.14. The van der Waals surface area contributed by atoms with E-state index < -0.39 is 9.84 Å². The summed E-state index contributed by atoms with van der Waals surface area (Å²) in [5.74, 6) is 0.373. The molecular weight excluding hydrogens is 220 g/mol. The highest BCUT2D eigenvalue weighted by atomic mass is 35.5. The largest absolute Gasteiger partial charge is 0.224 e. The van der Waals surface area contributed by atoms with Crippen molar-refractivity contribution in [2.45, 2.75) is 4.90 Å². The highest BCUT2D eigenvalue weighted by Crippen LogP contribution is 2.16. The smallest absolute Gasteiger partial charge is 0.176 e. The zero-order valence-electron chi connectivity index (χ0n) is 7.77. The number of alkyl halides is 1. The van der Waals surface area contributed by atoms with Gasteiger partial charge in [0, 0.05) is 12.1 Å². The topological polar surface area (TPSA) is 34.1 Å². The Balaban J connectivity index is 3.24. The minimum absolute atomic E-state index is 0.335. The normalized spacial score (nSPS) is 12.1. The van der Waals surface area contributed by atoms with E-state index in [-0.39, 0.29) is 0 Å². The van der Waals surface area contributed by atoms with Crippen LogP contribution in [0, 0.1) is 0 Å². The molecule has 0 saturated heterocycles. The number of benzene rings is 1. The van der Waals surface area contributed by atoms with Crippen LogP contribution in [0.15, 0.2) is 35.2 Å². The van der Waals surface area contributed by atoms with Crippen LogP contribution in [-0.2, 0) is 9.84 Å². The van der Waals surface area contributed by atoms with Crippen molar-refractivity contribution in [1.82, 2.24) is 0 Å². The van der Waals surface area contributed by atoms with Crippen molar-refractivity contribution in [3.8, 4) is 0 Å². The number of rotatable bonds is 3. The maximum absolute atomic E-state index is 11.3. The summed E-state index contributed by atoms with van der Waals surface area (Å²) in [6.45, 7) is 0. The summed E-state index contributed by atoms with van der Waals surface area (Å²) in [6.07, 6.45) is 4.62. The molecule has 2 nitrogen and oxygen atoms in total. The lowest BCUT2D eigenvalue weighted by Crippen LogP contribution is -1.99. The van der Waals surface area contributed by atoms with Crippen molar-refractivity contribution in [3.63, 3.8) is 0 Å². The van der Waals surface area contributed by atoms with E-state index in [4.69, 9.17) is 11.6 Å². The van der Waals surface area contributed by atoms with Crippen LogP contribution in [0.1, 0.15) is 5.56 Å². The lowest BCUT2D eigenvalue weighted by molar-refractivity contribution is 0.601. The van der Waals surface area contributed by atoms with E-state index in [0.29, 0.717) is 16.3 Å². The minimum atomic E-state index is -3.16. The molecule has 0 aliphatic rings. The molecule has 0 saturated carbocycles. The van der Waals surface area contributed by atoms with E-state index in [1.54, 1.807) is 36.4 Å². The highest BCUT2D eigenvalue weighted by Gasteiger charge is 2.09. The number of halogens is 1. The molecule has 0 radical (unpaired) electrons. The van der Waals surface area contributed by atoms with Crippen LogP contribution in [0.5, 0.6) is 0 Å². The van der Waals surface area contributed by atoms with Gasteiger partial charge in [0.1, 0.15) is 0 Å². The Morgan fingerprint density at radius 1 is 1.36 bits per heavy atom. The van der Waals surface area contributed by atoms with Gasteiger partial charge < -0.3 is 0 Å². The van der Waals surface area contributed by atoms with Gasteiger partial charge in [-0.25, -0.2) is 8.42 Å². The summed E-state index contributed by atoms with van der Waals surface area (Å²) in [6, 6.07) is 6.83. The number of hydrogen-bond acceptors (Lipinski definition) is 2. The highest BCUT2D eigenvalue weighted by molar-refractivity contribution is 7.90. The van der Waals surface area contributed by atoms with Crippen molar-refractivity contribution in [1.29, 1.82) is 0 Å². The Bertz CT molecular complexity index is 435. The third-order valence-corrected chi connectivity index (χ3v) is 3.05. The maximum Gasteiger partial charge on any atom is 0.176 e. The molecule has 76 valence electrons. The molecule has 4 heteroatoms. The summed E-state index contributed by atoms with van der Waals surface area (Å²) >= 11 is 5.48. The second-order valence-electron chi connectivity index (χ2n) is 2.87. The van der Waals surface area contributed by atoms with Crippen LogP contribution in [0.4, 0.5) is 0 Å².